The summed E-state index contributed by atoms with van der Waals surface area (Å²) in [6.45, 7) is 1.37. The Morgan fingerprint density at radius 3 is 2.58 bits per heavy atom. The van der Waals surface area contributed by atoms with Crippen LogP contribution in [0.15, 0.2) is 30.3 Å². The van der Waals surface area contributed by atoms with Crippen molar-refractivity contribution in [3.05, 3.63) is 51.9 Å². The molecule has 1 fully saturated rings. The second kappa shape index (κ2) is 8.14. The van der Waals surface area contributed by atoms with E-state index in [1.807, 2.05) is 13.0 Å². The zero-order valence-electron chi connectivity index (χ0n) is 17.2. The van der Waals surface area contributed by atoms with Gasteiger partial charge < -0.3 is 16.4 Å². The summed E-state index contributed by atoms with van der Waals surface area (Å²) in [5, 5.41) is 5.85. The Morgan fingerprint density at radius 2 is 1.90 bits per heavy atom. The summed E-state index contributed by atoms with van der Waals surface area (Å²) in [5.41, 5.74) is 6.29. The smallest absolute Gasteiger partial charge is 0.325 e. The molecule has 2 heterocycles. The minimum atomic E-state index is -1.20. The number of hydrogen-bond donors (Lipinski definition) is 3. The highest BCUT2D eigenvalue weighted by molar-refractivity contribution is 7.17. The summed E-state index contributed by atoms with van der Waals surface area (Å²) in [4.78, 5) is 52.5. The van der Waals surface area contributed by atoms with E-state index in [0.29, 0.717) is 22.5 Å². The van der Waals surface area contributed by atoms with Crippen molar-refractivity contribution in [3.63, 3.8) is 0 Å². The Bertz CT molecular complexity index is 1060. The van der Waals surface area contributed by atoms with Gasteiger partial charge in [0, 0.05) is 4.88 Å². The van der Waals surface area contributed by atoms with Gasteiger partial charge in [-0.3, -0.25) is 19.3 Å². The number of urea groups is 1. The number of aryl methyl sites for hydroxylation is 1. The summed E-state index contributed by atoms with van der Waals surface area (Å²) in [6.07, 6.45) is 3.95. The lowest BCUT2D eigenvalue weighted by Crippen LogP contribution is -2.44. The van der Waals surface area contributed by atoms with Gasteiger partial charge in [-0.25, -0.2) is 4.79 Å². The van der Waals surface area contributed by atoms with Crippen molar-refractivity contribution in [2.24, 2.45) is 5.73 Å². The van der Waals surface area contributed by atoms with Crippen LogP contribution in [0.1, 0.15) is 52.5 Å². The second-order valence-electron chi connectivity index (χ2n) is 7.77. The highest BCUT2D eigenvalue weighted by Gasteiger charge is 2.51. The summed E-state index contributed by atoms with van der Waals surface area (Å²) in [7, 11) is 0. The Hall–Kier alpha value is -3.20. The molecule has 1 aliphatic carbocycles. The number of primary amides is 1. The minimum absolute atomic E-state index is 0.345. The highest BCUT2D eigenvalue weighted by atomic mass is 32.1. The van der Waals surface area contributed by atoms with Crippen molar-refractivity contribution in [2.45, 2.75) is 44.6 Å². The van der Waals surface area contributed by atoms with Crippen LogP contribution in [0.2, 0.25) is 0 Å². The first-order valence-corrected chi connectivity index (χ1v) is 11.1. The topological polar surface area (TPSA) is 122 Å². The summed E-state index contributed by atoms with van der Waals surface area (Å²) in [6, 6.07) is 8.36. The number of thiophene rings is 1. The number of benzene rings is 1. The van der Waals surface area contributed by atoms with Crippen LogP contribution in [0.4, 0.5) is 9.80 Å². The average Bonchev–Trinajstić information content (AvgIpc) is 3.24. The molecule has 31 heavy (non-hydrogen) atoms. The lowest BCUT2D eigenvalue weighted by atomic mass is 9.87. The lowest BCUT2D eigenvalue weighted by Gasteiger charge is -2.25. The summed E-state index contributed by atoms with van der Waals surface area (Å²) < 4.78 is 0. The standard InChI is InChI=1S/C22H24N4O4S/c1-2-22(13-8-4-3-5-9-13)20(29)26(21(30)25-22)12-16(27)24-19-17(18(23)28)14-10-6-7-11-15(14)31-19/h3-5,8-9H,2,6-7,10-12H2,1H3,(H2,23,28)(H,24,27)(H,25,30)/t22-/m0/s1. The molecule has 9 heteroatoms. The predicted octanol–water partition coefficient (Wildman–Crippen LogP) is 2.52. The van der Waals surface area contributed by atoms with Gasteiger partial charge in [0.2, 0.25) is 5.91 Å². The van der Waals surface area contributed by atoms with E-state index in [4.69, 9.17) is 5.73 Å². The quantitative estimate of drug-likeness (QED) is 0.598. The molecule has 2 aliphatic rings. The third-order valence-electron chi connectivity index (χ3n) is 5.95. The number of imide groups is 1. The van der Waals surface area contributed by atoms with E-state index in [-0.39, 0.29) is 0 Å². The minimum Gasteiger partial charge on any atom is -0.365 e. The van der Waals surface area contributed by atoms with E-state index in [1.54, 1.807) is 24.3 Å². The summed E-state index contributed by atoms with van der Waals surface area (Å²) >= 11 is 1.34. The number of nitrogens with zero attached hydrogens (tertiary/aromatic N) is 1. The number of carbonyl (C=O) groups excluding carboxylic acids is 4. The van der Waals surface area contributed by atoms with Crippen molar-refractivity contribution in [1.29, 1.82) is 0 Å². The number of hydrogen-bond acceptors (Lipinski definition) is 5. The molecular weight excluding hydrogens is 416 g/mol. The Kier molecular flexibility index (Phi) is 5.53. The van der Waals surface area contributed by atoms with Crippen LogP contribution >= 0.6 is 11.3 Å². The van der Waals surface area contributed by atoms with Crippen LogP contribution in [-0.2, 0) is 28.0 Å². The molecular formula is C22H24N4O4S. The van der Waals surface area contributed by atoms with Gasteiger partial charge in [0.05, 0.1) is 5.56 Å². The van der Waals surface area contributed by atoms with Gasteiger partial charge in [-0.1, -0.05) is 37.3 Å². The monoisotopic (exact) mass is 440 g/mol. The number of nitrogens with one attached hydrogen (secondary N) is 2. The predicted molar refractivity (Wildman–Crippen MR) is 117 cm³/mol. The van der Waals surface area contributed by atoms with Gasteiger partial charge >= 0.3 is 6.03 Å². The van der Waals surface area contributed by atoms with Crippen LogP contribution in [-0.4, -0.2) is 35.2 Å². The van der Waals surface area contributed by atoms with Crippen LogP contribution in [0.25, 0.3) is 0 Å². The zero-order chi connectivity index (χ0) is 22.2. The maximum absolute atomic E-state index is 13.2. The lowest BCUT2D eigenvalue weighted by molar-refractivity contribution is -0.134. The molecule has 0 saturated carbocycles. The molecule has 0 bridgehead atoms. The molecule has 8 nitrogen and oxygen atoms in total. The van der Waals surface area contributed by atoms with Crippen molar-refractivity contribution in [2.75, 3.05) is 11.9 Å². The van der Waals surface area contributed by atoms with E-state index in [9.17, 15) is 19.2 Å². The maximum atomic E-state index is 13.2. The molecule has 4 N–H and O–H groups in total. The van der Waals surface area contributed by atoms with Gasteiger partial charge in [0.15, 0.2) is 0 Å². The Balaban J connectivity index is 1.55. The number of rotatable bonds is 6. The van der Waals surface area contributed by atoms with Gasteiger partial charge in [-0.15, -0.1) is 11.3 Å². The largest absolute Gasteiger partial charge is 0.365 e. The fraction of sp³-hybridized carbons (Fsp3) is 0.364. The number of nitrogens with two attached hydrogens (primary N) is 1. The molecule has 1 aromatic carbocycles. The van der Waals surface area contributed by atoms with Crippen molar-refractivity contribution >= 4 is 40.1 Å². The van der Waals surface area contributed by atoms with Crippen LogP contribution in [0.5, 0.6) is 0 Å². The molecule has 0 unspecified atom stereocenters. The van der Waals surface area contributed by atoms with E-state index in [1.165, 1.54) is 11.3 Å². The molecule has 5 amide bonds. The molecule has 0 radical (unpaired) electrons. The van der Waals surface area contributed by atoms with Crippen LogP contribution in [0.3, 0.4) is 0 Å². The Morgan fingerprint density at radius 1 is 1.19 bits per heavy atom. The fourth-order valence-corrected chi connectivity index (χ4v) is 5.67. The first kappa shape index (κ1) is 21.0. The highest BCUT2D eigenvalue weighted by Crippen LogP contribution is 2.38. The van der Waals surface area contributed by atoms with Crippen LogP contribution in [0, 0.1) is 0 Å². The summed E-state index contributed by atoms with van der Waals surface area (Å²) in [5.74, 6) is -1.61. The molecule has 1 saturated heterocycles. The molecule has 162 valence electrons. The third kappa shape index (κ3) is 3.59. The average molecular weight is 441 g/mol. The maximum Gasteiger partial charge on any atom is 0.325 e. The van der Waals surface area contributed by atoms with Gasteiger partial charge in [0.1, 0.15) is 17.1 Å². The number of amides is 5. The normalized spacial score (nSPS) is 20.4. The van der Waals surface area contributed by atoms with Crippen molar-refractivity contribution < 1.29 is 19.2 Å². The van der Waals surface area contributed by atoms with Gasteiger partial charge in [0.25, 0.3) is 11.8 Å². The first-order chi connectivity index (χ1) is 14.9. The molecule has 2 aromatic rings. The van der Waals surface area contributed by atoms with E-state index in [2.05, 4.69) is 10.6 Å². The fourth-order valence-electron chi connectivity index (χ4n) is 4.36. The van der Waals surface area contributed by atoms with Crippen molar-refractivity contribution in [1.82, 2.24) is 10.2 Å². The molecule has 4 rings (SSSR count). The van der Waals surface area contributed by atoms with Gasteiger partial charge in [-0.05, 0) is 43.2 Å². The molecule has 1 aromatic heterocycles. The van der Waals surface area contributed by atoms with Crippen LogP contribution < -0.4 is 16.4 Å². The molecule has 1 aliphatic heterocycles. The first-order valence-electron chi connectivity index (χ1n) is 10.3. The number of anilines is 1. The van der Waals surface area contributed by atoms with E-state index in [0.717, 1.165) is 41.0 Å². The van der Waals surface area contributed by atoms with E-state index >= 15 is 0 Å². The second-order valence-corrected chi connectivity index (χ2v) is 8.88. The SMILES string of the molecule is CC[C@@]1(c2ccccc2)NC(=O)N(CC(=O)Nc2sc3c(c2C(N)=O)CCCC3)C1=O. The van der Waals surface area contributed by atoms with E-state index < -0.39 is 35.8 Å². The van der Waals surface area contributed by atoms with Crippen molar-refractivity contribution in [3.8, 4) is 0 Å². The molecule has 1 atom stereocenters. The zero-order valence-corrected chi connectivity index (χ0v) is 18.0. The van der Waals surface area contributed by atoms with Gasteiger partial charge in [-0.2, -0.15) is 0 Å². The molecule has 0 spiro atoms. The number of carbonyl (C=O) groups is 4. The third-order valence-corrected chi connectivity index (χ3v) is 7.15. The Labute approximate surface area is 183 Å². The number of fused-ring (bicyclic) bond motifs is 1.